The number of pyridine rings is 1. The van der Waals surface area contributed by atoms with Crippen LogP contribution in [0.15, 0.2) is 36.5 Å². The van der Waals surface area contributed by atoms with Crippen molar-refractivity contribution in [1.82, 2.24) is 4.40 Å². The van der Waals surface area contributed by atoms with Gasteiger partial charge in [0.15, 0.2) is 6.29 Å². The Hall–Kier alpha value is -3.08. The van der Waals surface area contributed by atoms with Gasteiger partial charge >= 0.3 is 5.97 Å². The Kier molecular flexibility index (Phi) is 5.31. The molecule has 2 heterocycles. The zero-order chi connectivity index (χ0) is 19.6. The lowest BCUT2D eigenvalue weighted by atomic mass is 9.96. The molecule has 5 heteroatoms. The summed E-state index contributed by atoms with van der Waals surface area (Å²) in [5.41, 5.74) is 4.77. The fourth-order valence-corrected chi connectivity index (χ4v) is 3.52. The standard InChI is InChI=1S/C22H23NO4/c1-5-26-21-14(3)11-16(12-15(21)4)19-18(13-24)23-10-8-7-9-17(23)20(19)22(25)27-6-2/h7-13H,5-6H2,1-4H3. The van der Waals surface area contributed by atoms with E-state index in [1.807, 2.05) is 51.1 Å². The lowest BCUT2D eigenvalue weighted by Crippen LogP contribution is -2.06. The molecule has 0 N–H and O–H groups in total. The molecule has 0 spiro atoms. The highest BCUT2D eigenvalue weighted by Gasteiger charge is 2.26. The molecule has 27 heavy (non-hydrogen) atoms. The number of carbonyl (C=O) groups excluding carboxylic acids is 2. The number of aromatic nitrogens is 1. The van der Waals surface area contributed by atoms with Crippen LogP contribution in [0.4, 0.5) is 0 Å². The van der Waals surface area contributed by atoms with Crippen molar-refractivity contribution in [1.29, 1.82) is 0 Å². The van der Waals surface area contributed by atoms with Crippen LogP contribution in [0.25, 0.3) is 16.6 Å². The molecule has 0 saturated carbocycles. The molecule has 0 aliphatic heterocycles. The summed E-state index contributed by atoms with van der Waals surface area (Å²) in [6.45, 7) is 8.47. The van der Waals surface area contributed by atoms with Gasteiger partial charge in [-0.25, -0.2) is 4.79 Å². The Morgan fingerprint density at radius 2 is 1.81 bits per heavy atom. The molecule has 0 saturated heterocycles. The number of ether oxygens (including phenoxy) is 2. The Morgan fingerprint density at radius 3 is 2.41 bits per heavy atom. The molecule has 0 aliphatic rings. The average Bonchev–Trinajstić information content (AvgIpc) is 2.99. The first-order valence-corrected chi connectivity index (χ1v) is 9.03. The third kappa shape index (κ3) is 3.21. The molecule has 0 bridgehead atoms. The van der Waals surface area contributed by atoms with Gasteiger partial charge in [-0.2, -0.15) is 0 Å². The molecule has 2 aromatic heterocycles. The van der Waals surface area contributed by atoms with Crippen LogP contribution in [0.1, 0.15) is 45.8 Å². The monoisotopic (exact) mass is 365 g/mol. The van der Waals surface area contributed by atoms with E-state index in [0.29, 0.717) is 28.9 Å². The minimum atomic E-state index is -0.437. The number of hydrogen-bond donors (Lipinski definition) is 0. The van der Waals surface area contributed by atoms with Crippen molar-refractivity contribution >= 4 is 17.8 Å². The molecule has 0 amide bonds. The molecule has 5 nitrogen and oxygen atoms in total. The quantitative estimate of drug-likeness (QED) is 0.473. The van der Waals surface area contributed by atoms with E-state index >= 15 is 0 Å². The Balaban J connectivity index is 2.35. The fraction of sp³-hybridized carbons (Fsp3) is 0.273. The summed E-state index contributed by atoms with van der Waals surface area (Å²) in [7, 11) is 0. The number of fused-ring (bicyclic) bond motifs is 1. The number of nitrogens with zero attached hydrogens (tertiary/aromatic N) is 1. The Morgan fingerprint density at radius 1 is 1.11 bits per heavy atom. The van der Waals surface area contributed by atoms with Crippen molar-refractivity contribution < 1.29 is 19.1 Å². The maximum absolute atomic E-state index is 12.7. The van der Waals surface area contributed by atoms with Gasteiger partial charge in [0.2, 0.25) is 0 Å². The van der Waals surface area contributed by atoms with E-state index in [2.05, 4.69) is 0 Å². The zero-order valence-corrected chi connectivity index (χ0v) is 16.0. The molecule has 3 aromatic rings. The van der Waals surface area contributed by atoms with Crippen LogP contribution < -0.4 is 4.74 Å². The van der Waals surface area contributed by atoms with Crippen LogP contribution in [0.3, 0.4) is 0 Å². The number of carbonyl (C=O) groups is 2. The molecule has 0 radical (unpaired) electrons. The van der Waals surface area contributed by atoms with Gasteiger partial charge in [0.05, 0.1) is 30.0 Å². The molecular weight excluding hydrogens is 342 g/mol. The third-order valence-electron chi connectivity index (χ3n) is 4.51. The Bertz CT molecular complexity index is 994. The number of hydrogen-bond acceptors (Lipinski definition) is 4. The first-order chi connectivity index (χ1) is 13.0. The minimum absolute atomic E-state index is 0.264. The summed E-state index contributed by atoms with van der Waals surface area (Å²) in [5, 5.41) is 0. The van der Waals surface area contributed by atoms with Crippen molar-refractivity contribution in [2.45, 2.75) is 27.7 Å². The first-order valence-electron chi connectivity index (χ1n) is 9.03. The van der Waals surface area contributed by atoms with E-state index in [-0.39, 0.29) is 6.61 Å². The van der Waals surface area contributed by atoms with E-state index < -0.39 is 5.97 Å². The summed E-state index contributed by atoms with van der Waals surface area (Å²) in [6, 6.07) is 9.38. The topological polar surface area (TPSA) is 57.0 Å². The number of aryl methyl sites for hydroxylation is 2. The first kappa shape index (κ1) is 18.7. The van der Waals surface area contributed by atoms with Crippen molar-refractivity contribution in [2.24, 2.45) is 0 Å². The molecule has 140 valence electrons. The van der Waals surface area contributed by atoms with Crippen LogP contribution >= 0.6 is 0 Å². The van der Waals surface area contributed by atoms with Crippen LogP contribution in [0.2, 0.25) is 0 Å². The number of rotatable bonds is 6. The number of esters is 1. The molecular formula is C22H23NO4. The van der Waals surface area contributed by atoms with Crippen molar-refractivity contribution in [2.75, 3.05) is 13.2 Å². The zero-order valence-electron chi connectivity index (χ0n) is 16.0. The second-order valence-electron chi connectivity index (χ2n) is 6.30. The maximum Gasteiger partial charge on any atom is 0.340 e. The molecule has 0 aliphatic carbocycles. The highest BCUT2D eigenvalue weighted by molar-refractivity contribution is 6.09. The van der Waals surface area contributed by atoms with Gasteiger partial charge in [0, 0.05) is 11.8 Å². The maximum atomic E-state index is 12.7. The molecule has 3 rings (SSSR count). The van der Waals surface area contributed by atoms with Crippen molar-refractivity contribution in [3.05, 3.63) is 58.9 Å². The fourth-order valence-electron chi connectivity index (χ4n) is 3.52. The summed E-state index contributed by atoms with van der Waals surface area (Å²) >= 11 is 0. The summed E-state index contributed by atoms with van der Waals surface area (Å²) < 4.78 is 12.7. The van der Waals surface area contributed by atoms with Crippen LogP contribution in [-0.4, -0.2) is 29.9 Å². The summed E-state index contributed by atoms with van der Waals surface area (Å²) in [6.07, 6.45) is 2.56. The van der Waals surface area contributed by atoms with Gasteiger partial charge in [-0.15, -0.1) is 0 Å². The highest BCUT2D eigenvalue weighted by Crippen LogP contribution is 2.37. The Labute approximate surface area is 158 Å². The third-order valence-corrected chi connectivity index (χ3v) is 4.51. The molecule has 0 fully saturated rings. The van der Waals surface area contributed by atoms with Gasteiger partial charge < -0.3 is 13.9 Å². The van der Waals surface area contributed by atoms with Gasteiger partial charge in [-0.3, -0.25) is 4.79 Å². The van der Waals surface area contributed by atoms with Crippen molar-refractivity contribution in [3.8, 4) is 16.9 Å². The molecule has 1 aromatic carbocycles. The lowest BCUT2D eigenvalue weighted by molar-refractivity contribution is 0.0529. The minimum Gasteiger partial charge on any atom is -0.493 e. The summed E-state index contributed by atoms with van der Waals surface area (Å²) in [5.74, 6) is 0.392. The van der Waals surface area contributed by atoms with E-state index in [4.69, 9.17) is 9.47 Å². The number of benzene rings is 1. The van der Waals surface area contributed by atoms with E-state index in [9.17, 15) is 9.59 Å². The predicted octanol–water partition coefficient (Wildman–Crippen LogP) is 4.61. The average molecular weight is 365 g/mol. The number of aldehydes is 1. The van der Waals surface area contributed by atoms with E-state index in [0.717, 1.165) is 28.7 Å². The van der Waals surface area contributed by atoms with Gasteiger partial charge in [0.1, 0.15) is 5.75 Å². The second-order valence-corrected chi connectivity index (χ2v) is 6.30. The highest BCUT2D eigenvalue weighted by atomic mass is 16.5. The largest absolute Gasteiger partial charge is 0.493 e. The SMILES string of the molecule is CCOC(=O)c1c(-c2cc(C)c(OCC)c(C)c2)c(C=O)n2ccccc12. The molecule has 0 atom stereocenters. The normalized spacial score (nSPS) is 10.8. The van der Waals surface area contributed by atoms with Crippen LogP contribution in [-0.2, 0) is 4.74 Å². The smallest absolute Gasteiger partial charge is 0.340 e. The molecule has 0 unspecified atom stereocenters. The lowest BCUT2D eigenvalue weighted by Gasteiger charge is -2.14. The van der Waals surface area contributed by atoms with E-state index in [1.165, 1.54) is 0 Å². The van der Waals surface area contributed by atoms with Gasteiger partial charge in [0.25, 0.3) is 0 Å². The van der Waals surface area contributed by atoms with Crippen LogP contribution in [0, 0.1) is 13.8 Å². The van der Waals surface area contributed by atoms with Crippen molar-refractivity contribution in [3.63, 3.8) is 0 Å². The van der Waals surface area contributed by atoms with Gasteiger partial charge in [-0.1, -0.05) is 6.07 Å². The van der Waals surface area contributed by atoms with Gasteiger partial charge in [-0.05, 0) is 68.7 Å². The van der Waals surface area contributed by atoms with Crippen LogP contribution in [0.5, 0.6) is 5.75 Å². The van der Waals surface area contributed by atoms with E-state index in [1.54, 1.807) is 17.5 Å². The predicted molar refractivity (Wildman–Crippen MR) is 105 cm³/mol. The second kappa shape index (κ2) is 7.66. The summed E-state index contributed by atoms with van der Waals surface area (Å²) in [4.78, 5) is 24.7.